The number of benzene rings is 1. The van der Waals surface area contributed by atoms with E-state index in [-0.39, 0.29) is 0 Å². The van der Waals surface area contributed by atoms with Gasteiger partial charge in [-0.25, -0.2) is 15.0 Å². The maximum atomic E-state index is 5.59. The van der Waals surface area contributed by atoms with Crippen molar-refractivity contribution >= 4 is 17.7 Å². The monoisotopic (exact) mass is 516 g/mol. The van der Waals surface area contributed by atoms with E-state index in [1.165, 1.54) is 0 Å². The van der Waals surface area contributed by atoms with E-state index < -0.39 is 0 Å². The van der Waals surface area contributed by atoms with Gasteiger partial charge in [0.05, 0.1) is 53.4 Å². The molecule has 6 heterocycles. The predicted octanol–water partition coefficient (Wildman–Crippen LogP) is 4.20. The molecule has 0 amide bonds. The summed E-state index contributed by atoms with van der Waals surface area (Å²) in [6, 6.07) is 18.2. The van der Waals surface area contributed by atoms with E-state index in [1.54, 1.807) is 18.6 Å². The number of hydrogen-bond donors (Lipinski definition) is 0. The lowest BCUT2D eigenvalue weighted by Crippen LogP contribution is -2.02. The second-order valence-corrected chi connectivity index (χ2v) is 9.20. The van der Waals surface area contributed by atoms with Crippen molar-refractivity contribution in [3.8, 4) is 33.8 Å². The Bertz CT molecular complexity index is 1400. The molecule has 9 nitrogen and oxygen atoms in total. The van der Waals surface area contributed by atoms with Gasteiger partial charge in [-0.1, -0.05) is 0 Å². The minimum Gasteiger partial charge on any atom is -0.475 e. The summed E-state index contributed by atoms with van der Waals surface area (Å²) in [5.74, 6) is 1.93. The highest BCUT2D eigenvalue weighted by atomic mass is 16.5. The first-order valence-corrected chi connectivity index (χ1v) is 12.9. The van der Waals surface area contributed by atoms with Gasteiger partial charge >= 0.3 is 0 Å². The van der Waals surface area contributed by atoms with Gasteiger partial charge in [0.1, 0.15) is 19.8 Å². The molecule has 0 bridgehead atoms. The maximum Gasteiger partial charge on any atom is 0.217 e. The van der Waals surface area contributed by atoms with Gasteiger partial charge in [0.2, 0.25) is 17.7 Å². The van der Waals surface area contributed by atoms with E-state index in [2.05, 4.69) is 33.2 Å². The van der Waals surface area contributed by atoms with Crippen LogP contribution in [0, 0.1) is 0 Å². The van der Waals surface area contributed by atoms with Crippen LogP contribution in [-0.2, 0) is 14.2 Å². The third kappa shape index (κ3) is 4.74. The molecule has 0 saturated heterocycles. The molecule has 192 valence electrons. The zero-order valence-electron chi connectivity index (χ0n) is 21.1. The third-order valence-corrected chi connectivity index (χ3v) is 6.61. The minimum absolute atomic E-state index is 0.610. The van der Waals surface area contributed by atoms with Crippen LogP contribution in [0.1, 0.15) is 16.7 Å². The fraction of sp³-hybridized carbons (Fsp3) is 0.200. The van der Waals surface area contributed by atoms with Crippen LogP contribution >= 0.6 is 0 Å². The Labute approximate surface area is 225 Å². The first-order chi connectivity index (χ1) is 19.3. The summed E-state index contributed by atoms with van der Waals surface area (Å²) in [5.41, 5.74) is 7.96. The molecule has 4 aromatic rings. The molecule has 7 rings (SSSR count). The molecule has 0 unspecified atom stereocenters. The van der Waals surface area contributed by atoms with Gasteiger partial charge in [-0.15, -0.1) is 0 Å². The van der Waals surface area contributed by atoms with E-state index in [0.29, 0.717) is 57.1 Å². The second kappa shape index (κ2) is 10.1. The van der Waals surface area contributed by atoms with Crippen molar-refractivity contribution in [2.75, 3.05) is 39.5 Å². The smallest absolute Gasteiger partial charge is 0.217 e. The zero-order valence-corrected chi connectivity index (χ0v) is 21.1. The van der Waals surface area contributed by atoms with Crippen molar-refractivity contribution < 1.29 is 14.2 Å². The van der Waals surface area contributed by atoms with Crippen LogP contribution in [0.2, 0.25) is 0 Å². The van der Waals surface area contributed by atoms with Crippen molar-refractivity contribution in [1.82, 2.24) is 15.0 Å². The summed E-state index contributed by atoms with van der Waals surface area (Å²) < 4.78 is 16.8. The predicted molar refractivity (Wildman–Crippen MR) is 148 cm³/mol. The lowest BCUT2D eigenvalue weighted by molar-refractivity contribution is 0.348. The molecule has 3 aliphatic rings. The molecule has 39 heavy (non-hydrogen) atoms. The van der Waals surface area contributed by atoms with Gasteiger partial charge in [0, 0.05) is 35.3 Å². The van der Waals surface area contributed by atoms with Crippen LogP contribution < -0.4 is 0 Å². The molecule has 0 radical (unpaired) electrons. The van der Waals surface area contributed by atoms with E-state index >= 15 is 0 Å². The van der Waals surface area contributed by atoms with E-state index in [0.717, 1.165) is 50.5 Å². The van der Waals surface area contributed by atoms with Gasteiger partial charge in [0.25, 0.3) is 0 Å². The molecule has 3 aliphatic heterocycles. The molecule has 0 saturated carbocycles. The van der Waals surface area contributed by atoms with E-state index in [9.17, 15) is 0 Å². The SMILES string of the molecule is c1cc(-c2cc(-c3ccc(C4=NCCO4)cn3)cc(-c3ccc(C4=NCCO4)cn3)c2)ncc1C1=NCCO1. The first kappa shape index (κ1) is 23.2. The highest BCUT2D eigenvalue weighted by Gasteiger charge is 2.16. The van der Waals surface area contributed by atoms with Crippen LogP contribution in [0.5, 0.6) is 0 Å². The molecule has 3 aromatic heterocycles. The van der Waals surface area contributed by atoms with Gasteiger partial charge < -0.3 is 14.2 Å². The summed E-state index contributed by atoms with van der Waals surface area (Å²) in [5, 5.41) is 0. The number of aliphatic imine (C=N–C) groups is 3. The Hall–Kier alpha value is -4.92. The average molecular weight is 517 g/mol. The Morgan fingerprint density at radius 3 is 0.974 bits per heavy atom. The van der Waals surface area contributed by atoms with Crippen molar-refractivity contribution in [1.29, 1.82) is 0 Å². The summed E-state index contributed by atoms with van der Waals surface area (Å²) in [7, 11) is 0. The molecule has 0 aliphatic carbocycles. The Kier molecular flexibility index (Phi) is 6.01. The summed E-state index contributed by atoms with van der Waals surface area (Å²) in [6.07, 6.45) is 5.41. The average Bonchev–Trinajstić information content (AvgIpc) is 3.82. The van der Waals surface area contributed by atoms with E-state index in [1.807, 2.05) is 36.4 Å². The number of ether oxygens (including phenoxy) is 3. The summed E-state index contributed by atoms with van der Waals surface area (Å²) in [6.45, 7) is 3.87. The van der Waals surface area contributed by atoms with Crippen LogP contribution in [0.3, 0.4) is 0 Å². The number of hydrogen-bond acceptors (Lipinski definition) is 9. The van der Waals surface area contributed by atoms with Gasteiger partial charge in [0.15, 0.2) is 0 Å². The summed E-state index contributed by atoms with van der Waals surface area (Å²) >= 11 is 0. The number of nitrogens with zero attached hydrogens (tertiary/aromatic N) is 6. The van der Waals surface area contributed by atoms with Gasteiger partial charge in [-0.3, -0.25) is 15.0 Å². The molecule has 1 aromatic carbocycles. The molecule has 0 fully saturated rings. The van der Waals surface area contributed by atoms with Crippen LogP contribution in [-0.4, -0.2) is 72.1 Å². The Balaban J connectivity index is 1.27. The molecule has 0 atom stereocenters. The largest absolute Gasteiger partial charge is 0.475 e. The number of aromatic nitrogens is 3. The highest BCUT2D eigenvalue weighted by molar-refractivity contribution is 5.96. The Morgan fingerprint density at radius 1 is 0.410 bits per heavy atom. The Morgan fingerprint density at radius 2 is 0.744 bits per heavy atom. The number of pyridine rings is 3. The second-order valence-electron chi connectivity index (χ2n) is 9.20. The molecule has 0 spiro atoms. The topological polar surface area (TPSA) is 103 Å². The van der Waals surface area contributed by atoms with Gasteiger partial charge in [-0.05, 0) is 54.6 Å². The summed E-state index contributed by atoms with van der Waals surface area (Å²) in [4.78, 5) is 27.4. The first-order valence-electron chi connectivity index (χ1n) is 12.9. The number of rotatable bonds is 6. The fourth-order valence-corrected chi connectivity index (χ4v) is 4.67. The molecule has 9 heteroatoms. The van der Waals surface area contributed by atoms with Crippen molar-refractivity contribution in [2.24, 2.45) is 15.0 Å². The van der Waals surface area contributed by atoms with Crippen molar-refractivity contribution in [2.45, 2.75) is 0 Å². The van der Waals surface area contributed by atoms with Crippen molar-refractivity contribution in [3.63, 3.8) is 0 Å². The lowest BCUT2D eigenvalue weighted by Gasteiger charge is -2.11. The van der Waals surface area contributed by atoms with E-state index in [4.69, 9.17) is 29.2 Å². The lowest BCUT2D eigenvalue weighted by atomic mass is 9.98. The molecule has 0 N–H and O–H groups in total. The zero-order chi connectivity index (χ0) is 26.0. The van der Waals surface area contributed by atoms with Crippen molar-refractivity contribution in [3.05, 3.63) is 89.9 Å². The van der Waals surface area contributed by atoms with Crippen LogP contribution in [0.15, 0.2) is 88.2 Å². The molecular weight excluding hydrogens is 492 g/mol. The highest BCUT2D eigenvalue weighted by Crippen LogP contribution is 2.31. The molecular formula is C30H24N6O3. The normalized spacial score (nSPS) is 16.2. The van der Waals surface area contributed by atoms with Gasteiger partial charge in [-0.2, -0.15) is 0 Å². The quantitative estimate of drug-likeness (QED) is 0.381. The maximum absolute atomic E-state index is 5.59. The minimum atomic E-state index is 0.610. The standard InChI is InChI=1S/C30H24N6O3/c1-4-25(34-16-19(1)28-31-7-10-37-28)22-13-23(26-5-2-20(17-35-26)29-32-8-11-38-29)15-24(14-22)27-6-3-21(18-36-27)30-33-9-12-39-30/h1-6,13-18H,7-12H2. The third-order valence-electron chi connectivity index (χ3n) is 6.61. The van der Waals surface area contributed by atoms with Crippen LogP contribution in [0.25, 0.3) is 33.8 Å². The fourth-order valence-electron chi connectivity index (χ4n) is 4.67. The van der Waals surface area contributed by atoms with Crippen LogP contribution in [0.4, 0.5) is 0 Å².